The number of halogens is 1. The minimum absolute atomic E-state index is 0.0388. The molecule has 0 spiro atoms. The van der Waals surface area contributed by atoms with Crippen LogP contribution in [0.3, 0.4) is 0 Å². The Morgan fingerprint density at radius 1 is 0.958 bits per heavy atom. The second-order valence-corrected chi connectivity index (χ2v) is 5.18. The molecule has 24 heavy (non-hydrogen) atoms. The Morgan fingerprint density at radius 2 is 1.62 bits per heavy atom. The molecule has 2 aliphatic carbocycles. The lowest BCUT2D eigenvalue weighted by molar-refractivity contribution is 0.0997. The largest absolute Gasteiger partial charge is 0.508 e. The standard InChI is InChI=1S/C13H10FNO3.C6H4/c14-8-1-6-12(11(7-8)13(15)17)18-10-4-2-9(16)3-5-10;1-2-5-4-6(5)3-1/h1-7,16H,(H2,15,17);1-4H. The van der Waals surface area contributed by atoms with E-state index in [2.05, 4.69) is 24.3 Å². The number of phenolic OH excluding ortho intramolecular Hbond substituents is 1. The Balaban J connectivity index is 0.000000231. The van der Waals surface area contributed by atoms with Gasteiger partial charge in [0.1, 0.15) is 23.1 Å². The zero-order valence-electron chi connectivity index (χ0n) is 12.6. The van der Waals surface area contributed by atoms with E-state index in [0.717, 1.165) is 6.07 Å². The smallest absolute Gasteiger partial charge is 0.252 e. The zero-order valence-corrected chi connectivity index (χ0v) is 12.6. The molecule has 4 rings (SSSR count). The van der Waals surface area contributed by atoms with Crippen LogP contribution in [0.4, 0.5) is 4.39 Å². The van der Waals surface area contributed by atoms with Crippen molar-refractivity contribution in [2.45, 2.75) is 0 Å². The molecule has 0 heterocycles. The Hall–Kier alpha value is -3.34. The Kier molecular flexibility index (Phi) is 4.16. The van der Waals surface area contributed by atoms with Gasteiger partial charge in [0, 0.05) is 0 Å². The van der Waals surface area contributed by atoms with E-state index in [4.69, 9.17) is 15.6 Å². The fourth-order valence-corrected chi connectivity index (χ4v) is 2.10. The molecule has 0 atom stereocenters. The highest BCUT2D eigenvalue weighted by atomic mass is 19.1. The van der Waals surface area contributed by atoms with Gasteiger partial charge in [0.15, 0.2) is 0 Å². The van der Waals surface area contributed by atoms with Crippen LogP contribution < -0.4 is 10.5 Å². The molecule has 0 saturated heterocycles. The molecule has 0 saturated carbocycles. The summed E-state index contributed by atoms with van der Waals surface area (Å²) in [5, 5.41) is 9.12. The topological polar surface area (TPSA) is 72.6 Å². The van der Waals surface area contributed by atoms with Crippen LogP contribution in [0.2, 0.25) is 0 Å². The van der Waals surface area contributed by atoms with Crippen molar-refractivity contribution < 1.29 is 19.0 Å². The Morgan fingerprint density at radius 3 is 2.12 bits per heavy atom. The maximum absolute atomic E-state index is 13.0. The van der Waals surface area contributed by atoms with E-state index in [1.807, 2.05) is 0 Å². The normalized spacial score (nSPS) is 10.4. The van der Waals surface area contributed by atoms with Gasteiger partial charge in [-0.2, -0.15) is 0 Å². The lowest BCUT2D eigenvalue weighted by atomic mass is 10.2. The highest BCUT2D eigenvalue weighted by molar-refractivity contribution is 5.95. The van der Waals surface area contributed by atoms with Gasteiger partial charge in [-0.1, -0.05) is 18.2 Å². The summed E-state index contributed by atoms with van der Waals surface area (Å²) >= 11 is 0. The lowest BCUT2D eigenvalue weighted by Crippen LogP contribution is -2.12. The Labute approximate surface area is 137 Å². The number of fused-ring (bicyclic) bond motifs is 1. The molecular formula is C19H14FNO3. The van der Waals surface area contributed by atoms with Crippen LogP contribution in [-0.2, 0) is 0 Å². The van der Waals surface area contributed by atoms with Crippen molar-refractivity contribution in [3.63, 3.8) is 0 Å². The van der Waals surface area contributed by atoms with Crippen LogP contribution in [0.15, 0.2) is 66.7 Å². The van der Waals surface area contributed by atoms with E-state index in [9.17, 15) is 9.18 Å². The zero-order chi connectivity index (χ0) is 17.1. The van der Waals surface area contributed by atoms with Crippen molar-refractivity contribution in [3.8, 4) is 28.4 Å². The van der Waals surface area contributed by atoms with Gasteiger partial charge in [0.25, 0.3) is 5.91 Å². The van der Waals surface area contributed by atoms with Crippen LogP contribution in [0, 0.1) is 5.82 Å². The summed E-state index contributed by atoms with van der Waals surface area (Å²) in [6, 6.07) is 17.9. The quantitative estimate of drug-likeness (QED) is 0.596. The van der Waals surface area contributed by atoms with Gasteiger partial charge in [-0.15, -0.1) is 0 Å². The van der Waals surface area contributed by atoms with Gasteiger partial charge in [-0.05, 0) is 59.7 Å². The van der Waals surface area contributed by atoms with Crippen LogP contribution in [0.1, 0.15) is 10.4 Å². The molecule has 0 unspecified atom stereocenters. The molecule has 1 amide bonds. The number of amides is 1. The second kappa shape index (κ2) is 6.42. The van der Waals surface area contributed by atoms with Gasteiger partial charge < -0.3 is 15.6 Å². The number of aromatic hydroxyl groups is 1. The number of rotatable bonds is 3. The summed E-state index contributed by atoms with van der Waals surface area (Å²) in [5.41, 5.74) is 7.95. The predicted octanol–water partition coefficient (Wildman–Crippen LogP) is 4.09. The average molecular weight is 323 g/mol. The SMILES string of the molecule is NC(=O)c1cc(F)ccc1Oc1ccc(O)cc1.c1cc2cc-2c1. The van der Waals surface area contributed by atoms with Gasteiger partial charge in [-0.3, -0.25) is 4.79 Å². The fourth-order valence-electron chi connectivity index (χ4n) is 2.10. The van der Waals surface area contributed by atoms with Crippen molar-refractivity contribution in [3.05, 3.63) is 78.1 Å². The van der Waals surface area contributed by atoms with E-state index in [1.165, 1.54) is 47.5 Å². The number of hydrogen-bond acceptors (Lipinski definition) is 3. The molecule has 0 fully saturated rings. The van der Waals surface area contributed by atoms with Crippen molar-refractivity contribution in [1.82, 2.24) is 0 Å². The number of nitrogens with two attached hydrogens (primary N) is 1. The molecule has 2 aromatic carbocycles. The minimum Gasteiger partial charge on any atom is -0.508 e. The summed E-state index contributed by atoms with van der Waals surface area (Å²) in [6.07, 6.45) is 0. The number of carbonyl (C=O) groups is 1. The molecule has 4 nitrogen and oxygen atoms in total. The first-order valence-electron chi connectivity index (χ1n) is 7.19. The van der Waals surface area contributed by atoms with Gasteiger partial charge >= 0.3 is 0 Å². The van der Waals surface area contributed by atoms with Gasteiger partial charge in [-0.25, -0.2) is 4.39 Å². The van der Waals surface area contributed by atoms with Crippen LogP contribution in [0.25, 0.3) is 11.1 Å². The summed E-state index contributed by atoms with van der Waals surface area (Å²) in [7, 11) is 0. The highest BCUT2D eigenvalue weighted by Gasteiger charge is 2.11. The number of hydrogen-bond donors (Lipinski definition) is 2. The van der Waals surface area contributed by atoms with E-state index in [-0.39, 0.29) is 17.1 Å². The van der Waals surface area contributed by atoms with Crippen LogP contribution >= 0.6 is 0 Å². The van der Waals surface area contributed by atoms with Crippen molar-refractivity contribution >= 4 is 5.91 Å². The molecule has 0 aromatic heterocycles. The molecule has 2 aromatic rings. The Bertz CT molecular complexity index is 874. The monoisotopic (exact) mass is 323 g/mol. The summed E-state index contributed by atoms with van der Waals surface area (Å²) in [4.78, 5) is 11.2. The van der Waals surface area contributed by atoms with E-state index < -0.39 is 11.7 Å². The molecular weight excluding hydrogens is 309 g/mol. The number of ether oxygens (including phenoxy) is 1. The molecule has 2 aliphatic rings. The lowest BCUT2D eigenvalue weighted by Gasteiger charge is -2.09. The predicted molar refractivity (Wildman–Crippen MR) is 88.5 cm³/mol. The highest BCUT2D eigenvalue weighted by Crippen LogP contribution is 2.32. The van der Waals surface area contributed by atoms with E-state index in [0.29, 0.717) is 5.75 Å². The number of carbonyl (C=O) groups excluding carboxylic acids is 1. The van der Waals surface area contributed by atoms with E-state index in [1.54, 1.807) is 0 Å². The van der Waals surface area contributed by atoms with Crippen molar-refractivity contribution in [2.75, 3.05) is 0 Å². The van der Waals surface area contributed by atoms with Crippen molar-refractivity contribution in [1.29, 1.82) is 0 Å². The third-order valence-corrected chi connectivity index (χ3v) is 3.38. The van der Waals surface area contributed by atoms with Gasteiger partial charge in [0.2, 0.25) is 0 Å². The molecule has 120 valence electrons. The minimum atomic E-state index is -0.775. The molecule has 0 radical (unpaired) electrons. The van der Waals surface area contributed by atoms with Crippen LogP contribution in [0.5, 0.6) is 17.2 Å². The van der Waals surface area contributed by atoms with E-state index >= 15 is 0 Å². The molecule has 3 N–H and O–H groups in total. The average Bonchev–Trinajstić information content (AvgIpc) is 3.17. The number of benzene rings is 3. The van der Waals surface area contributed by atoms with Gasteiger partial charge in [0.05, 0.1) is 5.56 Å². The maximum atomic E-state index is 13.0. The first-order chi connectivity index (χ1) is 11.5. The second-order valence-electron chi connectivity index (χ2n) is 5.18. The van der Waals surface area contributed by atoms with Crippen LogP contribution in [-0.4, -0.2) is 11.0 Å². The number of primary amides is 1. The third-order valence-electron chi connectivity index (χ3n) is 3.38. The third kappa shape index (κ3) is 3.70. The molecule has 0 bridgehead atoms. The summed E-state index contributed by atoms with van der Waals surface area (Å²) in [6.45, 7) is 0. The summed E-state index contributed by atoms with van der Waals surface area (Å²) in [5.74, 6) is -0.682. The molecule has 0 aliphatic heterocycles. The van der Waals surface area contributed by atoms with Crippen molar-refractivity contribution in [2.24, 2.45) is 5.73 Å². The first kappa shape index (κ1) is 15.6. The summed E-state index contributed by atoms with van der Waals surface area (Å²) < 4.78 is 18.4. The number of phenols is 1. The first-order valence-corrected chi connectivity index (χ1v) is 7.19. The maximum Gasteiger partial charge on any atom is 0.252 e. The molecule has 5 heteroatoms. The fraction of sp³-hybridized carbons (Fsp3) is 0.